The van der Waals surface area contributed by atoms with Gasteiger partial charge in [-0.05, 0) is 37.2 Å². The van der Waals surface area contributed by atoms with Crippen LogP contribution < -0.4 is 0 Å². The number of methoxy groups -OCH3 is 1. The SMILES string of the molecule is C=C(C[C@H](c1cccc(C)c1)C1CC1)OC. The third kappa shape index (κ3) is 2.66. The molecule has 0 saturated heterocycles. The Morgan fingerprint density at radius 1 is 1.50 bits per heavy atom. The highest BCUT2D eigenvalue weighted by atomic mass is 16.5. The first kappa shape index (κ1) is 11.3. The molecule has 1 aliphatic rings. The molecule has 0 spiro atoms. The lowest BCUT2D eigenvalue weighted by molar-refractivity contribution is 0.268. The van der Waals surface area contributed by atoms with Gasteiger partial charge >= 0.3 is 0 Å². The van der Waals surface area contributed by atoms with Gasteiger partial charge in [0.25, 0.3) is 0 Å². The third-order valence-corrected chi connectivity index (χ3v) is 3.40. The lowest BCUT2D eigenvalue weighted by Crippen LogP contribution is -2.04. The van der Waals surface area contributed by atoms with Crippen molar-refractivity contribution in [2.45, 2.75) is 32.1 Å². The van der Waals surface area contributed by atoms with Crippen LogP contribution in [0.5, 0.6) is 0 Å². The predicted octanol–water partition coefficient (Wildman–Crippen LogP) is 4.04. The quantitative estimate of drug-likeness (QED) is 0.675. The molecule has 0 aliphatic heterocycles. The van der Waals surface area contributed by atoms with Gasteiger partial charge in [-0.25, -0.2) is 0 Å². The van der Waals surface area contributed by atoms with Crippen LogP contribution in [-0.4, -0.2) is 7.11 Å². The highest BCUT2D eigenvalue weighted by Crippen LogP contribution is 2.45. The number of aryl methyl sites for hydroxylation is 1. The molecule has 1 nitrogen and oxygen atoms in total. The normalized spacial score (nSPS) is 16.9. The summed E-state index contributed by atoms with van der Waals surface area (Å²) in [5, 5.41) is 0. The average molecular weight is 216 g/mol. The highest BCUT2D eigenvalue weighted by Gasteiger charge is 2.32. The maximum absolute atomic E-state index is 5.22. The predicted molar refractivity (Wildman–Crippen MR) is 67.4 cm³/mol. The molecule has 1 heteroatoms. The first-order chi connectivity index (χ1) is 7.70. The number of allylic oxidation sites excluding steroid dienone is 1. The molecule has 1 aromatic carbocycles. The van der Waals surface area contributed by atoms with Gasteiger partial charge in [-0.1, -0.05) is 36.4 Å². The van der Waals surface area contributed by atoms with E-state index in [0.717, 1.165) is 18.1 Å². The number of hydrogen-bond acceptors (Lipinski definition) is 1. The Morgan fingerprint density at radius 3 is 2.81 bits per heavy atom. The average Bonchev–Trinajstić information content (AvgIpc) is 3.09. The zero-order chi connectivity index (χ0) is 11.5. The summed E-state index contributed by atoms with van der Waals surface area (Å²) in [6, 6.07) is 8.83. The molecule has 0 bridgehead atoms. The van der Waals surface area contributed by atoms with Crippen LogP contribution in [0.2, 0.25) is 0 Å². The van der Waals surface area contributed by atoms with Gasteiger partial charge < -0.3 is 4.74 Å². The summed E-state index contributed by atoms with van der Waals surface area (Å²) in [4.78, 5) is 0. The molecular formula is C15H20O. The van der Waals surface area contributed by atoms with Crippen molar-refractivity contribution in [3.63, 3.8) is 0 Å². The maximum Gasteiger partial charge on any atom is 0.0890 e. The van der Waals surface area contributed by atoms with Crippen LogP contribution in [0.4, 0.5) is 0 Å². The fraction of sp³-hybridized carbons (Fsp3) is 0.467. The van der Waals surface area contributed by atoms with Crippen molar-refractivity contribution in [3.8, 4) is 0 Å². The smallest absolute Gasteiger partial charge is 0.0890 e. The zero-order valence-corrected chi connectivity index (χ0v) is 10.2. The lowest BCUT2D eigenvalue weighted by Gasteiger charge is -2.18. The Balaban J connectivity index is 2.15. The van der Waals surface area contributed by atoms with Gasteiger partial charge in [0.2, 0.25) is 0 Å². The van der Waals surface area contributed by atoms with Gasteiger partial charge in [0.05, 0.1) is 12.9 Å². The van der Waals surface area contributed by atoms with Crippen LogP contribution >= 0.6 is 0 Å². The standard InChI is InChI=1S/C15H20O/c1-11-5-4-6-14(9-11)15(13-7-8-13)10-12(2)16-3/h4-6,9,13,15H,2,7-8,10H2,1,3H3/t15-/m0/s1. The van der Waals surface area contributed by atoms with E-state index in [9.17, 15) is 0 Å². The Kier molecular flexibility index (Phi) is 3.33. The number of ether oxygens (including phenoxy) is 1. The molecule has 1 fully saturated rings. The van der Waals surface area contributed by atoms with E-state index in [0.29, 0.717) is 5.92 Å². The summed E-state index contributed by atoms with van der Waals surface area (Å²) in [6.07, 6.45) is 3.68. The van der Waals surface area contributed by atoms with Crippen LogP contribution in [0.1, 0.15) is 36.3 Å². The minimum Gasteiger partial charge on any atom is -0.502 e. The van der Waals surface area contributed by atoms with E-state index in [2.05, 4.69) is 37.8 Å². The number of hydrogen-bond donors (Lipinski definition) is 0. The van der Waals surface area contributed by atoms with Crippen molar-refractivity contribution in [2.24, 2.45) is 5.92 Å². The monoisotopic (exact) mass is 216 g/mol. The van der Waals surface area contributed by atoms with Gasteiger partial charge in [-0.2, -0.15) is 0 Å². The topological polar surface area (TPSA) is 9.23 Å². The van der Waals surface area contributed by atoms with E-state index in [1.54, 1.807) is 7.11 Å². The van der Waals surface area contributed by atoms with Crippen LogP contribution in [0, 0.1) is 12.8 Å². The maximum atomic E-state index is 5.22. The van der Waals surface area contributed by atoms with E-state index >= 15 is 0 Å². The van der Waals surface area contributed by atoms with Crippen LogP contribution in [0.25, 0.3) is 0 Å². The van der Waals surface area contributed by atoms with Crippen molar-refractivity contribution in [2.75, 3.05) is 7.11 Å². The van der Waals surface area contributed by atoms with Crippen molar-refractivity contribution in [1.82, 2.24) is 0 Å². The van der Waals surface area contributed by atoms with Crippen molar-refractivity contribution < 1.29 is 4.74 Å². The van der Waals surface area contributed by atoms with Crippen molar-refractivity contribution in [3.05, 3.63) is 47.7 Å². The molecule has 86 valence electrons. The van der Waals surface area contributed by atoms with Gasteiger partial charge in [0, 0.05) is 6.42 Å². The summed E-state index contributed by atoms with van der Waals surface area (Å²) in [7, 11) is 1.71. The fourth-order valence-corrected chi connectivity index (χ4v) is 2.28. The van der Waals surface area contributed by atoms with Crippen molar-refractivity contribution in [1.29, 1.82) is 0 Å². The van der Waals surface area contributed by atoms with Gasteiger partial charge in [-0.3, -0.25) is 0 Å². The zero-order valence-electron chi connectivity index (χ0n) is 10.2. The first-order valence-electron chi connectivity index (χ1n) is 5.99. The molecule has 0 radical (unpaired) electrons. The first-order valence-corrected chi connectivity index (χ1v) is 5.99. The Labute approximate surface area is 98.1 Å². The second-order valence-electron chi connectivity index (χ2n) is 4.80. The van der Waals surface area contributed by atoms with E-state index in [1.165, 1.54) is 24.0 Å². The minimum atomic E-state index is 0.604. The lowest BCUT2D eigenvalue weighted by atomic mass is 9.89. The van der Waals surface area contributed by atoms with E-state index < -0.39 is 0 Å². The molecule has 1 atom stereocenters. The minimum absolute atomic E-state index is 0.604. The molecule has 0 unspecified atom stereocenters. The Morgan fingerprint density at radius 2 is 2.25 bits per heavy atom. The number of rotatable bonds is 5. The molecule has 1 aromatic rings. The largest absolute Gasteiger partial charge is 0.502 e. The molecule has 0 aromatic heterocycles. The van der Waals surface area contributed by atoms with E-state index in [4.69, 9.17) is 4.74 Å². The number of benzene rings is 1. The molecule has 1 aliphatic carbocycles. The fourth-order valence-electron chi connectivity index (χ4n) is 2.28. The van der Waals surface area contributed by atoms with Crippen LogP contribution in [-0.2, 0) is 4.74 Å². The summed E-state index contributed by atoms with van der Waals surface area (Å²) >= 11 is 0. The molecule has 0 heterocycles. The highest BCUT2D eigenvalue weighted by molar-refractivity contribution is 5.27. The van der Waals surface area contributed by atoms with E-state index in [1.807, 2.05) is 0 Å². The molecule has 16 heavy (non-hydrogen) atoms. The molecule has 0 amide bonds. The van der Waals surface area contributed by atoms with Crippen LogP contribution in [0.15, 0.2) is 36.6 Å². The van der Waals surface area contributed by atoms with Gasteiger partial charge in [-0.15, -0.1) is 0 Å². The molecule has 2 rings (SSSR count). The van der Waals surface area contributed by atoms with Gasteiger partial charge in [0.15, 0.2) is 0 Å². The second kappa shape index (κ2) is 4.73. The van der Waals surface area contributed by atoms with Gasteiger partial charge in [0.1, 0.15) is 0 Å². The van der Waals surface area contributed by atoms with Crippen molar-refractivity contribution >= 4 is 0 Å². The molecule has 1 saturated carbocycles. The van der Waals surface area contributed by atoms with Crippen LogP contribution in [0.3, 0.4) is 0 Å². The summed E-state index contributed by atoms with van der Waals surface area (Å²) in [5.74, 6) is 2.35. The Bertz CT molecular complexity index is 377. The summed E-state index contributed by atoms with van der Waals surface area (Å²) in [5.41, 5.74) is 2.78. The van der Waals surface area contributed by atoms with E-state index in [-0.39, 0.29) is 0 Å². The second-order valence-corrected chi connectivity index (χ2v) is 4.80. The Hall–Kier alpha value is -1.24. The molecular weight excluding hydrogens is 196 g/mol. The summed E-state index contributed by atoms with van der Waals surface area (Å²) in [6.45, 7) is 6.10. The molecule has 0 N–H and O–H groups in total. The third-order valence-electron chi connectivity index (χ3n) is 3.40. The summed E-state index contributed by atoms with van der Waals surface area (Å²) < 4.78 is 5.22.